The topological polar surface area (TPSA) is 119 Å². The molecule has 1 N–H and O–H groups in total. The number of nitrogens with one attached hydrogen (secondary N) is 1. The van der Waals surface area contributed by atoms with Crippen molar-refractivity contribution in [2.24, 2.45) is 0 Å². The van der Waals surface area contributed by atoms with Crippen molar-refractivity contribution < 1.29 is 32.3 Å². The third-order valence-corrected chi connectivity index (χ3v) is 9.22. The van der Waals surface area contributed by atoms with Gasteiger partial charge in [-0.1, -0.05) is 47.5 Å². The van der Waals surface area contributed by atoms with Crippen LogP contribution in [-0.4, -0.2) is 49.3 Å². The maximum absolute atomic E-state index is 13.5. The van der Waals surface area contributed by atoms with Gasteiger partial charge in [-0.2, -0.15) is 0 Å². The van der Waals surface area contributed by atoms with Crippen molar-refractivity contribution in [3.8, 4) is 0 Å². The van der Waals surface area contributed by atoms with Crippen molar-refractivity contribution in [2.45, 2.75) is 57.5 Å². The van der Waals surface area contributed by atoms with Crippen LogP contribution in [0.15, 0.2) is 69.9 Å². The summed E-state index contributed by atoms with van der Waals surface area (Å²) in [5, 5.41) is 3.49. The average Bonchev–Trinajstić information content (AvgIpc) is 3.07. The van der Waals surface area contributed by atoms with Crippen molar-refractivity contribution in [2.75, 3.05) is 13.2 Å². The molecule has 12 heteroatoms. The number of fused-ring (bicyclic) bond motifs is 1. The molecule has 0 aromatic heterocycles. The Hall–Kier alpha value is -3.34. The lowest BCUT2D eigenvalue weighted by Gasteiger charge is -2.32. The molecule has 2 aromatic carbocycles. The Kier molecular flexibility index (Phi) is 8.59. The number of allylic oxidation sites excluding steroid dienone is 2. The smallest absolute Gasteiger partial charge is 0.337 e. The molecule has 4 rings (SSSR count). The number of amides is 1. The largest absolute Gasteiger partial charge is 0.462 e. The number of hydrogen-bond acceptors (Lipinski definition) is 8. The predicted octanol–water partition coefficient (Wildman–Crippen LogP) is 5.35. The molecule has 0 fully saturated rings. The molecule has 0 spiro atoms. The van der Waals surface area contributed by atoms with Crippen molar-refractivity contribution >= 4 is 51.1 Å². The molecule has 9 nitrogen and oxygen atoms in total. The van der Waals surface area contributed by atoms with Gasteiger partial charge in [0, 0.05) is 24.4 Å². The van der Waals surface area contributed by atoms with E-state index in [9.17, 15) is 22.8 Å². The number of ether oxygens (including phenoxy) is 2. The molecular formula is C29H30Cl2N2O7S. The van der Waals surface area contributed by atoms with Crippen molar-refractivity contribution in [1.82, 2.24) is 9.62 Å². The van der Waals surface area contributed by atoms with E-state index in [1.807, 2.05) is 0 Å². The average molecular weight is 622 g/mol. The molecule has 1 unspecified atom stereocenters. The first-order valence-corrected chi connectivity index (χ1v) is 15.0. The second-order valence-corrected chi connectivity index (χ2v) is 13.3. The first-order chi connectivity index (χ1) is 19.1. The summed E-state index contributed by atoms with van der Waals surface area (Å²) in [6.07, 6.45) is 0.0564. The summed E-state index contributed by atoms with van der Waals surface area (Å²) in [5.74, 6) is -2.97. The molecule has 41 heavy (non-hydrogen) atoms. The van der Waals surface area contributed by atoms with E-state index in [0.717, 1.165) is 4.31 Å². The number of hydrogen-bond donors (Lipinski definition) is 1. The molecular weight excluding hydrogens is 591 g/mol. The van der Waals surface area contributed by atoms with Gasteiger partial charge in [0.2, 0.25) is 0 Å². The molecule has 2 aromatic rings. The number of esters is 2. The number of carbonyl (C=O) groups is 3. The number of nitrogens with zero attached hydrogens (tertiary/aromatic N) is 1. The monoisotopic (exact) mass is 620 g/mol. The van der Waals surface area contributed by atoms with E-state index in [2.05, 4.69) is 5.32 Å². The van der Waals surface area contributed by atoms with Crippen LogP contribution in [0, 0.1) is 0 Å². The molecule has 2 heterocycles. The minimum absolute atomic E-state index is 0.0471. The van der Waals surface area contributed by atoms with Gasteiger partial charge in [-0.05, 0) is 58.4 Å². The van der Waals surface area contributed by atoms with Gasteiger partial charge in [0.25, 0.3) is 15.9 Å². The fourth-order valence-electron chi connectivity index (χ4n) is 4.83. The highest BCUT2D eigenvalue weighted by Crippen LogP contribution is 2.44. The van der Waals surface area contributed by atoms with Crippen LogP contribution in [0.4, 0.5) is 0 Å². The quantitative estimate of drug-likeness (QED) is 0.325. The summed E-state index contributed by atoms with van der Waals surface area (Å²) in [5.41, 5.74) is 0.929. The van der Waals surface area contributed by atoms with Crippen molar-refractivity contribution in [3.05, 3.63) is 86.2 Å². The van der Waals surface area contributed by atoms with E-state index in [1.165, 1.54) is 12.1 Å². The van der Waals surface area contributed by atoms with Gasteiger partial charge in [0.05, 0.1) is 39.3 Å². The number of benzene rings is 2. The Morgan fingerprint density at radius 1 is 0.976 bits per heavy atom. The second-order valence-electron chi connectivity index (χ2n) is 10.6. The summed E-state index contributed by atoms with van der Waals surface area (Å²) < 4.78 is 37.6. The van der Waals surface area contributed by atoms with Crippen LogP contribution in [0.5, 0.6) is 0 Å². The highest BCUT2D eigenvalue weighted by molar-refractivity contribution is 7.90. The Bertz CT molecular complexity index is 1610. The van der Waals surface area contributed by atoms with Gasteiger partial charge in [-0.3, -0.25) is 4.79 Å². The van der Waals surface area contributed by atoms with E-state index < -0.39 is 39.4 Å². The lowest BCUT2D eigenvalue weighted by atomic mass is 9.80. The zero-order chi connectivity index (χ0) is 30.3. The maximum atomic E-state index is 13.5. The standard InChI is InChI=1S/C29H30Cl2N2O7S/c1-16-22(27(35)39-15-9-14-33-26(34)18-10-6-7-13-21(18)41(33,37)38)24(19-11-8-12-20(30)25(19)31)23(17(2)32-16)28(36)40-29(3,4)5/h6-8,10-13,24,32H,9,14-15H2,1-5H3. The van der Waals surface area contributed by atoms with Gasteiger partial charge >= 0.3 is 11.9 Å². The molecule has 0 radical (unpaired) electrons. The van der Waals surface area contributed by atoms with E-state index >= 15 is 0 Å². The number of rotatable bonds is 7. The zero-order valence-electron chi connectivity index (χ0n) is 23.2. The van der Waals surface area contributed by atoms with Crippen LogP contribution in [-0.2, 0) is 29.1 Å². The zero-order valence-corrected chi connectivity index (χ0v) is 25.5. The second kappa shape index (κ2) is 11.5. The first kappa shape index (κ1) is 30.6. The first-order valence-electron chi connectivity index (χ1n) is 12.8. The van der Waals surface area contributed by atoms with Gasteiger partial charge in [-0.25, -0.2) is 22.3 Å². The van der Waals surface area contributed by atoms with Gasteiger partial charge in [-0.15, -0.1) is 0 Å². The predicted molar refractivity (Wildman–Crippen MR) is 154 cm³/mol. The van der Waals surface area contributed by atoms with Crippen LogP contribution in [0.3, 0.4) is 0 Å². The molecule has 2 aliphatic heterocycles. The molecule has 0 aliphatic carbocycles. The van der Waals surface area contributed by atoms with Crippen LogP contribution in [0.2, 0.25) is 10.0 Å². The molecule has 0 saturated carbocycles. The van der Waals surface area contributed by atoms with E-state index in [1.54, 1.807) is 65.0 Å². The fourth-order valence-corrected chi connectivity index (χ4v) is 6.85. The molecule has 1 amide bonds. The molecule has 2 aliphatic rings. The van der Waals surface area contributed by atoms with E-state index in [4.69, 9.17) is 32.7 Å². The van der Waals surface area contributed by atoms with E-state index in [0.29, 0.717) is 17.0 Å². The summed E-state index contributed by atoms with van der Waals surface area (Å²) in [6.45, 7) is 8.21. The van der Waals surface area contributed by atoms with Crippen LogP contribution in [0.25, 0.3) is 0 Å². The summed E-state index contributed by atoms with van der Waals surface area (Å²) >= 11 is 12.9. The maximum Gasteiger partial charge on any atom is 0.337 e. The van der Waals surface area contributed by atoms with Gasteiger partial charge in [0.15, 0.2) is 0 Å². The Labute approximate surface area is 249 Å². The Morgan fingerprint density at radius 2 is 1.61 bits per heavy atom. The summed E-state index contributed by atoms with van der Waals surface area (Å²) in [6, 6.07) is 10.9. The number of halogens is 2. The Morgan fingerprint density at radius 3 is 2.24 bits per heavy atom. The molecule has 1 atom stereocenters. The SMILES string of the molecule is CC1=C(C(=O)OCCCN2C(=O)c3ccccc3S2(=O)=O)C(c2cccc(Cl)c2Cl)C(C(=O)OC(C)(C)C)=C(C)N1. The lowest BCUT2D eigenvalue weighted by molar-refractivity contribution is -0.150. The minimum atomic E-state index is -3.98. The summed E-state index contributed by atoms with van der Waals surface area (Å²) in [7, 11) is -3.98. The van der Waals surface area contributed by atoms with Crippen LogP contribution < -0.4 is 5.32 Å². The number of sulfonamides is 1. The third-order valence-electron chi connectivity index (χ3n) is 6.54. The minimum Gasteiger partial charge on any atom is -0.462 e. The van der Waals surface area contributed by atoms with Crippen molar-refractivity contribution in [3.63, 3.8) is 0 Å². The Balaban J connectivity index is 1.57. The number of dihydropyridines is 1. The lowest BCUT2D eigenvalue weighted by Crippen LogP contribution is -2.35. The number of carbonyl (C=O) groups excluding carboxylic acids is 3. The molecule has 0 bridgehead atoms. The summed E-state index contributed by atoms with van der Waals surface area (Å²) in [4.78, 5) is 39.6. The normalized spacial score (nSPS) is 18.3. The molecule has 218 valence electrons. The highest BCUT2D eigenvalue weighted by atomic mass is 35.5. The fraction of sp³-hybridized carbons (Fsp3) is 0.345. The van der Waals surface area contributed by atoms with Gasteiger partial charge < -0.3 is 14.8 Å². The molecule has 0 saturated heterocycles. The third kappa shape index (κ3) is 6.00. The highest BCUT2D eigenvalue weighted by Gasteiger charge is 2.42. The van der Waals surface area contributed by atoms with Crippen LogP contribution >= 0.6 is 23.2 Å². The van der Waals surface area contributed by atoms with Crippen LogP contribution in [0.1, 0.15) is 62.9 Å². The van der Waals surface area contributed by atoms with Crippen molar-refractivity contribution in [1.29, 1.82) is 0 Å². The van der Waals surface area contributed by atoms with E-state index in [-0.39, 0.29) is 51.2 Å². The van der Waals surface area contributed by atoms with Gasteiger partial charge in [0.1, 0.15) is 10.5 Å².